The first-order chi connectivity index (χ1) is 6.24. The zero-order valence-electron chi connectivity index (χ0n) is 7.89. The molecule has 1 rings (SSSR count). The van der Waals surface area contributed by atoms with Gasteiger partial charge < -0.3 is 10.4 Å². The fourth-order valence-corrected chi connectivity index (χ4v) is 0.968. The number of nitrogens with one attached hydrogen (secondary N) is 1. The molecular weight excluding hydrogens is 162 g/mol. The monoisotopic (exact) mass is 175 g/mol. The average molecular weight is 175 g/mol. The Labute approximate surface area is 78.6 Å². The number of benzene rings is 1. The van der Waals surface area contributed by atoms with Crippen LogP contribution in [0.4, 0.5) is 0 Å². The minimum Gasteiger partial charge on any atom is -0.508 e. The number of aromatic hydroxyl groups is 1. The molecule has 0 heterocycles. The molecule has 2 nitrogen and oxygen atoms in total. The normalized spacial score (nSPS) is 9.08. The minimum absolute atomic E-state index is 0.319. The molecule has 0 aliphatic heterocycles. The molecule has 0 spiro atoms. The van der Waals surface area contributed by atoms with Crippen molar-refractivity contribution in [3.63, 3.8) is 0 Å². The Morgan fingerprint density at radius 3 is 2.85 bits per heavy atom. The van der Waals surface area contributed by atoms with Crippen molar-refractivity contribution < 1.29 is 5.11 Å². The quantitative estimate of drug-likeness (QED) is 0.630. The number of rotatable bonds is 1. The molecule has 0 aromatic heterocycles. The summed E-state index contributed by atoms with van der Waals surface area (Å²) in [6.45, 7) is 2.54. The number of aryl methyl sites for hydroxylation is 1. The highest BCUT2D eigenvalue weighted by atomic mass is 16.3. The lowest BCUT2D eigenvalue weighted by Crippen LogP contribution is -2.04. The summed E-state index contributed by atoms with van der Waals surface area (Å²) in [5.41, 5.74) is 1.79. The van der Waals surface area contributed by atoms with Crippen LogP contribution >= 0.6 is 0 Å². The molecule has 0 aliphatic carbocycles. The predicted molar refractivity (Wildman–Crippen MR) is 53.6 cm³/mol. The van der Waals surface area contributed by atoms with Crippen LogP contribution in [0.2, 0.25) is 0 Å². The van der Waals surface area contributed by atoms with E-state index in [1.54, 1.807) is 6.07 Å². The van der Waals surface area contributed by atoms with Gasteiger partial charge in [0.25, 0.3) is 0 Å². The van der Waals surface area contributed by atoms with Gasteiger partial charge in [0, 0.05) is 5.56 Å². The van der Waals surface area contributed by atoms with Gasteiger partial charge in [0.1, 0.15) is 5.75 Å². The lowest BCUT2D eigenvalue weighted by Gasteiger charge is -1.97. The highest BCUT2D eigenvalue weighted by Crippen LogP contribution is 2.15. The van der Waals surface area contributed by atoms with Gasteiger partial charge in [-0.25, -0.2) is 0 Å². The second kappa shape index (κ2) is 4.54. The van der Waals surface area contributed by atoms with E-state index in [-0.39, 0.29) is 0 Å². The van der Waals surface area contributed by atoms with Crippen LogP contribution in [-0.2, 0) is 0 Å². The zero-order valence-corrected chi connectivity index (χ0v) is 7.89. The van der Waals surface area contributed by atoms with Crippen LogP contribution in [0, 0.1) is 18.8 Å². The summed E-state index contributed by atoms with van der Waals surface area (Å²) < 4.78 is 0. The molecule has 0 fully saturated rings. The van der Waals surface area contributed by atoms with Crippen molar-refractivity contribution in [3.8, 4) is 17.6 Å². The van der Waals surface area contributed by atoms with Crippen LogP contribution < -0.4 is 5.32 Å². The Balaban J connectivity index is 2.81. The number of phenols is 1. The highest BCUT2D eigenvalue weighted by Gasteiger charge is 1.94. The zero-order chi connectivity index (χ0) is 9.68. The van der Waals surface area contributed by atoms with Crippen molar-refractivity contribution in [2.24, 2.45) is 0 Å². The van der Waals surface area contributed by atoms with Crippen LogP contribution in [0.25, 0.3) is 0 Å². The standard InChI is InChI=1S/C11H13NO/c1-9-8-10(4-3-7-12-2)5-6-11(9)13/h5-6,8,12-13H,7H2,1-2H3. The third kappa shape index (κ3) is 2.81. The third-order valence-electron chi connectivity index (χ3n) is 1.69. The maximum atomic E-state index is 9.25. The summed E-state index contributed by atoms with van der Waals surface area (Å²) in [4.78, 5) is 0. The third-order valence-corrected chi connectivity index (χ3v) is 1.69. The Hall–Kier alpha value is -1.46. The first-order valence-corrected chi connectivity index (χ1v) is 4.17. The van der Waals surface area contributed by atoms with Crippen molar-refractivity contribution in [3.05, 3.63) is 29.3 Å². The molecule has 0 bridgehead atoms. The van der Waals surface area contributed by atoms with Gasteiger partial charge in [-0.1, -0.05) is 11.8 Å². The second-order valence-corrected chi connectivity index (χ2v) is 2.83. The van der Waals surface area contributed by atoms with Crippen LogP contribution in [0.15, 0.2) is 18.2 Å². The molecule has 0 unspecified atom stereocenters. The summed E-state index contributed by atoms with van der Waals surface area (Å²) in [6, 6.07) is 5.35. The van der Waals surface area contributed by atoms with Crippen LogP contribution in [0.3, 0.4) is 0 Å². The number of phenolic OH excluding ortho intramolecular Hbond substituents is 1. The molecule has 0 atom stereocenters. The van der Waals surface area contributed by atoms with Crippen molar-refractivity contribution >= 4 is 0 Å². The average Bonchev–Trinajstić information content (AvgIpc) is 2.12. The second-order valence-electron chi connectivity index (χ2n) is 2.83. The molecule has 1 aromatic carbocycles. The smallest absolute Gasteiger partial charge is 0.118 e. The van der Waals surface area contributed by atoms with E-state index in [1.165, 1.54) is 0 Å². The Bertz CT molecular complexity index is 347. The van der Waals surface area contributed by atoms with E-state index in [9.17, 15) is 5.11 Å². The highest BCUT2D eigenvalue weighted by molar-refractivity contribution is 5.42. The number of hydrogen-bond acceptors (Lipinski definition) is 2. The van der Waals surface area contributed by atoms with Crippen LogP contribution in [-0.4, -0.2) is 18.7 Å². The van der Waals surface area contributed by atoms with Gasteiger partial charge in [0.15, 0.2) is 0 Å². The van der Waals surface area contributed by atoms with Gasteiger partial charge >= 0.3 is 0 Å². The summed E-state index contributed by atoms with van der Waals surface area (Å²) >= 11 is 0. The molecule has 1 aromatic rings. The predicted octanol–water partition coefficient (Wildman–Crippen LogP) is 1.27. The van der Waals surface area contributed by atoms with Gasteiger partial charge in [0.2, 0.25) is 0 Å². The van der Waals surface area contributed by atoms with Crippen LogP contribution in [0.1, 0.15) is 11.1 Å². The van der Waals surface area contributed by atoms with E-state index in [4.69, 9.17) is 0 Å². The van der Waals surface area contributed by atoms with E-state index < -0.39 is 0 Å². The molecule has 0 amide bonds. The van der Waals surface area contributed by atoms with Crippen molar-refractivity contribution in [1.82, 2.24) is 5.32 Å². The largest absolute Gasteiger partial charge is 0.508 e. The van der Waals surface area contributed by atoms with Crippen molar-refractivity contribution in [1.29, 1.82) is 0 Å². The number of hydrogen-bond donors (Lipinski definition) is 2. The van der Waals surface area contributed by atoms with E-state index in [0.29, 0.717) is 12.3 Å². The molecule has 0 saturated heterocycles. The molecular formula is C11H13NO. The molecule has 2 heteroatoms. The lowest BCUT2D eigenvalue weighted by atomic mass is 10.1. The fraction of sp³-hybridized carbons (Fsp3) is 0.273. The summed E-state index contributed by atoms with van der Waals surface area (Å²) in [5.74, 6) is 6.26. The summed E-state index contributed by atoms with van der Waals surface area (Å²) in [7, 11) is 1.86. The molecule has 0 aliphatic rings. The first-order valence-electron chi connectivity index (χ1n) is 4.17. The molecule has 0 radical (unpaired) electrons. The topological polar surface area (TPSA) is 32.3 Å². The van der Waals surface area contributed by atoms with Gasteiger partial charge in [0.05, 0.1) is 6.54 Å². The van der Waals surface area contributed by atoms with Gasteiger partial charge in [-0.15, -0.1) is 0 Å². The van der Waals surface area contributed by atoms with Gasteiger partial charge in [-0.3, -0.25) is 0 Å². The Morgan fingerprint density at radius 1 is 1.46 bits per heavy atom. The Kier molecular flexibility index (Phi) is 3.36. The summed E-state index contributed by atoms with van der Waals surface area (Å²) in [5, 5.41) is 12.2. The molecule has 68 valence electrons. The first kappa shape index (κ1) is 9.63. The fourth-order valence-electron chi connectivity index (χ4n) is 0.968. The van der Waals surface area contributed by atoms with Crippen molar-refractivity contribution in [2.45, 2.75) is 6.92 Å². The molecule has 2 N–H and O–H groups in total. The van der Waals surface area contributed by atoms with Crippen LogP contribution in [0.5, 0.6) is 5.75 Å². The summed E-state index contributed by atoms with van der Waals surface area (Å²) in [6.07, 6.45) is 0. The molecule has 13 heavy (non-hydrogen) atoms. The molecule has 0 saturated carbocycles. The maximum Gasteiger partial charge on any atom is 0.118 e. The minimum atomic E-state index is 0.319. The van der Waals surface area contributed by atoms with Gasteiger partial charge in [-0.2, -0.15) is 0 Å². The van der Waals surface area contributed by atoms with Crippen molar-refractivity contribution in [2.75, 3.05) is 13.6 Å². The van der Waals surface area contributed by atoms with E-state index in [2.05, 4.69) is 17.2 Å². The Morgan fingerprint density at radius 2 is 2.23 bits per heavy atom. The lowest BCUT2D eigenvalue weighted by molar-refractivity contribution is 0.471. The van der Waals surface area contributed by atoms with E-state index in [0.717, 1.165) is 11.1 Å². The van der Waals surface area contributed by atoms with E-state index >= 15 is 0 Å². The van der Waals surface area contributed by atoms with Gasteiger partial charge in [-0.05, 0) is 37.7 Å². The maximum absolute atomic E-state index is 9.25. The van der Waals surface area contributed by atoms with E-state index in [1.807, 2.05) is 26.1 Å². The SMILES string of the molecule is CNCC#Cc1ccc(O)c(C)c1.